The molecule has 0 radical (unpaired) electrons. The lowest BCUT2D eigenvalue weighted by molar-refractivity contribution is -0.384. The molecule has 3 aromatic carbocycles. The Kier molecular flexibility index (Phi) is 5.04. The molecule has 0 fully saturated rings. The quantitative estimate of drug-likeness (QED) is 0.287. The zero-order valence-corrected chi connectivity index (χ0v) is 16.9. The van der Waals surface area contributed by atoms with Gasteiger partial charge in [-0.25, -0.2) is 4.98 Å². The monoisotopic (exact) mass is 471 g/mol. The average Bonchev–Trinajstić information content (AvgIpc) is 3.12. The Morgan fingerprint density at radius 2 is 1.86 bits per heavy atom. The first-order valence-corrected chi connectivity index (χ1v) is 9.49. The maximum Gasteiger partial charge on any atom is 0.270 e. The third-order valence-corrected chi connectivity index (χ3v) is 5.09. The van der Waals surface area contributed by atoms with Gasteiger partial charge in [-0.15, -0.1) is 0 Å². The molecule has 0 saturated carbocycles. The van der Waals surface area contributed by atoms with Crippen LogP contribution in [-0.4, -0.2) is 15.8 Å². The number of nitrogens with zero attached hydrogens (tertiary/aromatic N) is 2. The normalized spacial score (nSPS) is 10.8. The van der Waals surface area contributed by atoms with E-state index in [2.05, 4.69) is 26.2 Å². The van der Waals surface area contributed by atoms with Crippen molar-refractivity contribution < 1.29 is 14.1 Å². The minimum atomic E-state index is -0.553. The SMILES string of the molecule is O=C(Nc1ccc2oc(-c3ccc(Cl)cc3)nc2c1)c1cc([N+](=O)[O-])ccc1Br. The maximum absolute atomic E-state index is 12.6. The number of nitro groups is 1. The summed E-state index contributed by atoms with van der Waals surface area (Å²) in [6.07, 6.45) is 0. The van der Waals surface area contributed by atoms with Crippen molar-refractivity contribution >= 4 is 55.9 Å². The Bertz CT molecular complexity index is 1250. The summed E-state index contributed by atoms with van der Waals surface area (Å²) in [4.78, 5) is 27.4. The molecule has 0 aliphatic heterocycles. The Hall–Kier alpha value is -3.23. The van der Waals surface area contributed by atoms with Gasteiger partial charge in [-0.1, -0.05) is 11.6 Å². The topological polar surface area (TPSA) is 98.3 Å². The fraction of sp³-hybridized carbons (Fsp3) is 0. The number of rotatable bonds is 4. The van der Waals surface area contributed by atoms with Gasteiger partial charge in [0, 0.05) is 32.9 Å². The molecule has 4 aromatic rings. The molecule has 0 aliphatic carbocycles. The van der Waals surface area contributed by atoms with E-state index in [4.69, 9.17) is 16.0 Å². The predicted molar refractivity (Wildman–Crippen MR) is 113 cm³/mol. The number of halogens is 2. The van der Waals surface area contributed by atoms with Gasteiger partial charge in [0.15, 0.2) is 5.58 Å². The number of aromatic nitrogens is 1. The molecular formula is C20H11BrClN3O4. The number of anilines is 1. The second kappa shape index (κ2) is 7.65. The minimum absolute atomic E-state index is 0.154. The summed E-state index contributed by atoms with van der Waals surface area (Å²) < 4.78 is 6.20. The number of oxazole rings is 1. The second-order valence-corrected chi connectivity index (χ2v) is 7.37. The first kappa shape index (κ1) is 19.1. The van der Waals surface area contributed by atoms with Gasteiger partial charge in [0.1, 0.15) is 5.52 Å². The van der Waals surface area contributed by atoms with Crippen molar-refractivity contribution in [3.63, 3.8) is 0 Å². The van der Waals surface area contributed by atoms with E-state index in [9.17, 15) is 14.9 Å². The van der Waals surface area contributed by atoms with Crippen molar-refractivity contribution in [2.45, 2.75) is 0 Å². The van der Waals surface area contributed by atoms with Gasteiger partial charge in [-0.05, 0) is 64.5 Å². The van der Waals surface area contributed by atoms with Gasteiger partial charge >= 0.3 is 0 Å². The molecule has 29 heavy (non-hydrogen) atoms. The number of carbonyl (C=O) groups is 1. The van der Waals surface area contributed by atoms with Crippen LogP contribution in [0.15, 0.2) is 69.6 Å². The van der Waals surface area contributed by atoms with Gasteiger partial charge in [0.2, 0.25) is 5.89 Å². The zero-order chi connectivity index (χ0) is 20.5. The van der Waals surface area contributed by atoms with E-state index in [1.807, 2.05) is 0 Å². The molecule has 1 N–H and O–H groups in total. The van der Waals surface area contributed by atoms with Crippen LogP contribution in [0.25, 0.3) is 22.6 Å². The van der Waals surface area contributed by atoms with Crippen molar-refractivity contribution in [1.29, 1.82) is 0 Å². The highest BCUT2D eigenvalue weighted by atomic mass is 79.9. The maximum atomic E-state index is 12.6. The van der Waals surface area contributed by atoms with E-state index in [0.717, 1.165) is 5.56 Å². The number of hydrogen-bond donors (Lipinski definition) is 1. The molecule has 4 rings (SSSR count). The van der Waals surface area contributed by atoms with Crippen LogP contribution in [0.5, 0.6) is 0 Å². The summed E-state index contributed by atoms with van der Waals surface area (Å²) in [7, 11) is 0. The predicted octanol–water partition coefficient (Wildman–Crippen LogP) is 6.07. The van der Waals surface area contributed by atoms with Gasteiger partial charge in [0.05, 0.1) is 10.5 Å². The molecule has 0 aliphatic rings. The molecule has 1 heterocycles. The molecule has 9 heteroatoms. The van der Waals surface area contributed by atoms with Crippen LogP contribution in [0.2, 0.25) is 5.02 Å². The Morgan fingerprint density at radius 3 is 2.59 bits per heavy atom. The first-order valence-electron chi connectivity index (χ1n) is 8.32. The third-order valence-electron chi connectivity index (χ3n) is 4.14. The fourth-order valence-electron chi connectivity index (χ4n) is 2.72. The minimum Gasteiger partial charge on any atom is -0.436 e. The number of amides is 1. The van der Waals surface area contributed by atoms with E-state index < -0.39 is 10.8 Å². The average molecular weight is 473 g/mol. The lowest BCUT2D eigenvalue weighted by atomic mass is 10.2. The molecule has 0 bridgehead atoms. The summed E-state index contributed by atoms with van der Waals surface area (Å²) in [5.74, 6) is -0.0529. The Morgan fingerprint density at radius 1 is 1.10 bits per heavy atom. The zero-order valence-electron chi connectivity index (χ0n) is 14.6. The van der Waals surface area contributed by atoms with Gasteiger partial charge in [0.25, 0.3) is 11.6 Å². The fourth-order valence-corrected chi connectivity index (χ4v) is 3.27. The molecule has 7 nitrogen and oxygen atoms in total. The van der Waals surface area contributed by atoms with E-state index in [-0.39, 0.29) is 11.3 Å². The summed E-state index contributed by atoms with van der Waals surface area (Å²) >= 11 is 9.15. The second-order valence-electron chi connectivity index (χ2n) is 6.08. The van der Waals surface area contributed by atoms with Crippen molar-refractivity contribution in [3.8, 4) is 11.5 Å². The summed E-state index contributed by atoms with van der Waals surface area (Å²) in [6.45, 7) is 0. The van der Waals surface area contributed by atoms with Gasteiger partial charge < -0.3 is 9.73 Å². The van der Waals surface area contributed by atoms with Crippen molar-refractivity contribution in [3.05, 3.63) is 85.8 Å². The van der Waals surface area contributed by atoms with Crippen LogP contribution >= 0.6 is 27.5 Å². The van der Waals surface area contributed by atoms with E-state index in [0.29, 0.717) is 32.2 Å². The van der Waals surface area contributed by atoms with E-state index in [1.54, 1.807) is 42.5 Å². The van der Waals surface area contributed by atoms with Crippen LogP contribution in [0, 0.1) is 10.1 Å². The van der Waals surface area contributed by atoms with E-state index in [1.165, 1.54) is 18.2 Å². The number of fused-ring (bicyclic) bond motifs is 1. The first-order chi connectivity index (χ1) is 13.9. The number of benzene rings is 3. The highest BCUT2D eigenvalue weighted by Crippen LogP contribution is 2.28. The van der Waals surface area contributed by atoms with Crippen LogP contribution in [-0.2, 0) is 0 Å². The molecule has 0 atom stereocenters. The highest BCUT2D eigenvalue weighted by Gasteiger charge is 2.16. The molecule has 0 spiro atoms. The molecule has 1 amide bonds. The molecular weight excluding hydrogens is 462 g/mol. The smallest absolute Gasteiger partial charge is 0.270 e. The van der Waals surface area contributed by atoms with Crippen molar-refractivity contribution in [2.24, 2.45) is 0 Å². The lowest BCUT2D eigenvalue weighted by Crippen LogP contribution is -2.12. The largest absolute Gasteiger partial charge is 0.436 e. The van der Waals surface area contributed by atoms with Crippen LogP contribution < -0.4 is 5.32 Å². The summed E-state index contributed by atoms with van der Waals surface area (Å²) in [5, 5.41) is 14.3. The standard InChI is InChI=1S/C20H11BrClN3O4/c21-16-7-6-14(25(27)28)10-15(16)19(26)23-13-5-8-18-17(9-13)24-20(29-18)11-1-3-12(22)4-2-11/h1-10H,(H,23,26). The van der Waals surface area contributed by atoms with Crippen molar-refractivity contribution in [2.75, 3.05) is 5.32 Å². The highest BCUT2D eigenvalue weighted by molar-refractivity contribution is 9.10. The number of non-ortho nitro benzene ring substituents is 1. The van der Waals surface area contributed by atoms with Crippen LogP contribution in [0.3, 0.4) is 0 Å². The van der Waals surface area contributed by atoms with Gasteiger partial charge in [-0.3, -0.25) is 14.9 Å². The van der Waals surface area contributed by atoms with E-state index >= 15 is 0 Å². The van der Waals surface area contributed by atoms with Crippen LogP contribution in [0.1, 0.15) is 10.4 Å². The van der Waals surface area contributed by atoms with Crippen LogP contribution in [0.4, 0.5) is 11.4 Å². The Balaban J connectivity index is 1.62. The number of nitro benzene ring substituents is 1. The summed E-state index contributed by atoms with van der Waals surface area (Å²) in [6, 6.07) is 16.1. The molecule has 0 saturated heterocycles. The Labute approximate surface area is 177 Å². The number of nitrogens with one attached hydrogen (secondary N) is 1. The molecule has 1 aromatic heterocycles. The van der Waals surface area contributed by atoms with Gasteiger partial charge in [-0.2, -0.15) is 0 Å². The number of hydrogen-bond acceptors (Lipinski definition) is 5. The molecule has 144 valence electrons. The van der Waals surface area contributed by atoms with Crippen molar-refractivity contribution in [1.82, 2.24) is 4.98 Å². The summed E-state index contributed by atoms with van der Waals surface area (Å²) in [5.41, 5.74) is 2.36. The lowest BCUT2D eigenvalue weighted by Gasteiger charge is -2.06. The molecule has 0 unspecified atom stereocenters. The third kappa shape index (κ3) is 3.98. The number of carbonyl (C=O) groups excluding carboxylic acids is 1.